The lowest BCUT2D eigenvalue weighted by molar-refractivity contribution is 0.0378. The zero-order valence-electron chi connectivity index (χ0n) is 5.02. The van der Waals surface area contributed by atoms with Crippen LogP contribution in [0.4, 0.5) is 0 Å². The van der Waals surface area contributed by atoms with Gasteiger partial charge < -0.3 is 0 Å². The number of hydrogen-bond donors (Lipinski definition) is 1. The Morgan fingerprint density at radius 3 is 3.12 bits per heavy atom. The maximum absolute atomic E-state index is 5.12. The van der Waals surface area contributed by atoms with Crippen molar-refractivity contribution in [1.82, 2.24) is 5.48 Å². The van der Waals surface area contributed by atoms with Crippen LogP contribution in [0.15, 0.2) is 0 Å². The van der Waals surface area contributed by atoms with Gasteiger partial charge in [-0.05, 0) is 18.6 Å². The second-order valence-electron chi connectivity index (χ2n) is 1.76. The van der Waals surface area contributed by atoms with Gasteiger partial charge in [0.1, 0.15) is 5.44 Å². The number of thioether (sulfide) groups is 1. The van der Waals surface area contributed by atoms with E-state index < -0.39 is 0 Å². The third-order valence-corrected chi connectivity index (χ3v) is 2.37. The fraction of sp³-hybridized carbons (Fsp3) is 1.00. The minimum Gasteiger partial charge on any atom is -0.288 e. The molecule has 1 unspecified atom stereocenters. The first-order valence-electron chi connectivity index (χ1n) is 2.87. The molecule has 0 radical (unpaired) electrons. The van der Waals surface area contributed by atoms with Crippen LogP contribution in [-0.4, -0.2) is 18.2 Å². The van der Waals surface area contributed by atoms with Gasteiger partial charge in [-0.25, -0.2) is 5.48 Å². The average Bonchev–Trinajstić information content (AvgIpc) is 2.19. The molecule has 2 nitrogen and oxygen atoms in total. The maximum Gasteiger partial charge on any atom is 0.124 e. The fourth-order valence-corrected chi connectivity index (χ4v) is 1.87. The van der Waals surface area contributed by atoms with Gasteiger partial charge in [0.2, 0.25) is 0 Å². The summed E-state index contributed by atoms with van der Waals surface area (Å²) < 4.78 is 0. The van der Waals surface area contributed by atoms with E-state index in [9.17, 15) is 0 Å². The molecule has 0 spiro atoms. The predicted octanol–water partition coefficient (Wildman–Crippen LogP) is 0.991. The summed E-state index contributed by atoms with van der Waals surface area (Å²) in [7, 11) is 1.80. The quantitative estimate of drug-likeness (QED) is 0.568. The highest BCUT2D eigenvalue weighted by atomic mass is 32.2. The number of nitrogens with one attached hydrogen (secondary N) is 1. The molecule has 1 saturated heterocycles. The molecular formula is C5H11NOS. The van der Waals surface area contributed by atoms with Crippen LogP contribution in [0.1, 0.15) is 12.8 Å². The average molecular weight is 133 g/mol. The molecule has 0 bridgehead atoms. The van der Waals surface area contributed by atoms with Crippen molar-refractivity contribution >= 4 is 11.8 Å². The predicted molar refractivity (Wildman–Crippen MR) is 35.6 cm³/mol. The van der Waals surface area contributed by atoms with E-state index in [-0.39, 0.29) is 0 Å². The highest BCUT2D eigenvalue weighted by Gasteiger charge is 2.14. The summed E-state index contributed by atoms with van der Waals surface area (Å²) in [5, 5.41) is 0. The van der Waals surface area contributed by atoms with Crippen LogP contribution in [0.3, 0.4) is 0 Å². The van der Waals surface area contributed by atoms with Gasteiger partial charge in [-0.2, -0.15) is 0 Å². The van der Waals surface area contributed by atoms with Crippen LogP contribution in [0, 0.1) is 0 Å². The summed E-state index contributed by atoms with van der Waals surface area (Å²) >= 11 is 1.88. The number of hydrogen-bond acceptors (Lipinski definition) is 3. The molecule has 0 aromatic rings. The Morgan fingerprint density at radius 2 is 2.62 bits per heavy atom. The van der Waals surface area contributed by atoms with Crippen molar-refractivity contribution in [3.05, 3.63) is 0 Å². The van der Waals surface area contributed by atoms with E-state index in [1.807, 2.05) is 11.8 Å². The van der Waals surface area contributed by atoms with Crippen LogP contribution in [0.5, 0.6) is 0 Å². The maximum atomic E-state index is 5.12. The summed E-state index contributed by atoms with van der Waals surface area (Å²) in [4.78, 5) is 5.12. The van der Waals surface area contributed by atoms with Gasteiger partial charge in [-0.3, -0.25) is 4.84 Å². The molecule has 48 valence electrons. The molecule has 1 fully saturated rings. The SMILES string of the molecule is CNOC1CCCS1. The highest BCUT2D eigenvalue weighted by molar-refractivity contribution is 8.00. The lowest BCUT2D eigenvalue weighted by Gasteiger charge is -2.05. The summed E-state index contributed by atoms with van der Waals surface area (Å²) in [6, 6.07) is 0. The largest absolute Gasteiger partial charge is 0.288 e. The molecule has 0 amide bonds. The minimum atomic E-state index is 0.417. The second-order valence-corrected chi connectivity index (χ2v) is 3.03. The summed E-state index contributed by atoms with van der Waals surface area (Å²) in [5.41, 5.74) is 3.11. The van der Waals surface area contributed by atoms with E-state index in [1.165, 1.54) is 18.6 Å². The topological polar surface area (TPSA) is 21.3 Å². The molecule has 1 atom stereocenters. The van der Waals surface area contributed by atoms with Gasteiger partial charge in [0.15, 0.2) is 0 Å². The first kappa shape index (κ1) is 6.39. The molecule has 1 aliphatic rings. The molecule has 1 rings (SSSR count). The molecule has 0 aromatic heterocycles. The smallest absolute Gasteiger partial charge is 0.124 e. The zero-order valence-corrected chi connectivity index (χ0v) is 5.83. The van der Waals surface area contributed by atoms with Crippen LogP contribution in [0.2, 0.25) is 0 Å². The summed E-state index contributed by atoms with van der Waals surface area (Å²) in [6.07, 6.45) is 2.50. The molecule has 0 aromatic carbocycles. The number of hydroxylamine groups is 1. The molecule has 0 saturated carbocycles. The molecule has 0 aliphatic carbocycles. The van der Waals surface area contributed by atoms with E-state index in [0.717, 1.165) is 0 Å². The first-order valence-corrected chi connectivity index (χ1v) is 3.92. The van der Waals surface area contributed by atoms with Gasteiger partial charge in [-0.15, -0.1) is 11.8 Å². The lowest BCUT2D eigenvalue weighted by Crippen LogP contribution is -2.14. The highest BCUT2D eigenvalue weighted by Crippen LogP contribution is 2.25. The monoisotopic (exact) mass is 133 g/mol. The van der Waals surface area contributed by atoms with Gasteiger partial charge in [0.05, 0.1) is 0 Å². The van der Waals surface area contributed by atoms with Gasteiger partial charge in [0.25, 0.3) is 0 Å². The van der Waals surface area contributed by atoms with Crippen LogP contribution in [0.25, 0.3) is 0 Å². The van der Waals surface area contributed by atoms with E-state index in [1.54, 1.807) is 7.05 Å². The van der Waals surface area contributed by atoms with E-state index in [2.05, 4.69) is 5.48 Å². The third kappa shape index (κ3) is 1.65. The van der Waals surface area contributed by atoms with Gasteiger partial charge in [-0.1, -0.05) is 0 Å². The van der Waals surface area contributed by atoms with Crippen molar-refractivity contribution in [2.24, 2.45) is 0 Å². The summed E-state index contributed by atoms with van der Waals surface area (Å²) in [6.45, 7) is 0. The Balaban J connectivity index is 2.06. The van der Waals surface area contributed by atoms with Crippen molar-refractivity contribution in [3.63, 3.8) is 0 Å². The zero-order chi connectivity index (χ0) is 5.82. The fourth-order valence-electron chi connectivity index (χ4n) is 0.773. The normalized spacial score (nSPS) is 28.9. The van der Waals surface area contributed by atoms with Crippen LogP contribution in [-0.2, 0) is 4.84 Å². The molecule has 1 N–H and O–H groups in total. The molecule has 1 aliphatic heterocycles. The first-order chi connectivity index (χ1) is 3.93. The Bertz CT molecular complexity index is 63.4. The number of rotatable bonds is 2. The van der Waals surface area contributed by atoms with Gasteiger partial charge >= 0.3 is 0 Å². The standard InChI is InChI=1S/C5H11NOS/c1-6-7-5-3-2-4-8-5/h5-6H,2-4H2,1H3. The Labute approximate surface area is 53.9 Å². The van der Waals surface area contributed by atoms with Crippen molar-refractivity contribution in [1.29, 1.82) is 0 Å². The van der Waals surface area contributed by atoms with Crippen molar-refractivity contribution in [3.8, 4) is 0 Å². The van der Waals surface area contributed by atoms with E-state index in [4.69, 9.17) is 4.84 Å². The van der Waals surface area contributed by atoms with Crippen molar-refractivity contribution in [2.75, 3.05) is 12.8 Å². The molecule has 1 heterocycles. The Morgan fingerprint density at radius 1 is 1.75 bits per heavy atom. The van der Waals surface area contributed by atoms with E-state index in [0.29, 0.717) is 5.44 Å². The van der Waals surface area contributed by atoms with Crippen molar-refractivity contribution in [2.45, 2.75) is 18.3 Å². The molecular weight excluding hydrogens is 122 g/mol. The Hall–Kier alpha value is 0.270. The molecule has 3 heteroatoms. The van der Waals surface area contributed by atoms with Crippen molar-refractivity contribution < 1.29 is 4.84 Å². The lowest BCUT2D eigenvalue weighted by atomic mass is 10.4. The van der Waals surface area contributed by atoms with E-state index >= 15 is 0 Å². The Kier molecular flexibility index (Phi) is 2.66. The van der Waals surface area contributed by atoms with Gasteiger partial charge in [0, 0.05) is 7.05 Å². The molecule has 8 heavy (non-hydrogen) atoms. The minimum absolute atomic E-state index is 0.417. The third-order valence-electron chi connectivity index (χ3n) is 1.14. The van der Waals surface area contributed by atoms with Crippen LogP contribution < -0.4 is 5.48 Å². The van der Waals surface area contributed by atoms with Crippen LogP contribution >= 0.6 is 11.8 Å². The summed E-state index contributed by atoms with van der Waals surface area (Å²) in [5.74, 6) is 1.26. The second kappa shape index (κ2) is 3.33.